The SMILES string of the molecule is CSc1ccc2nccc(Nc3cc(CO)ccc3C)c2c1. The van der Waals surface area contributed by atoms with Gasteiger partial charge in [-0.3, -0.25) is 4.98 Å². The Morgan fingerprint density at radius 3 is 2.73 bits per heavy atom. The molecule has 112 valence electrons. The number of fused-ring (bicyclic) bond motifs is 1. The van der Waals surface area contributed by atoms with Crippen LogP contribution in [-0.2, 0) is 6.61 Å². The maximum atomic E-state index is 9.32. The zero-order valence-corrected chi connectivity index (χ0v) is 13.4. The molecule has 3 rings (SSSR count). The van der Waals surface area contributed by atoms with Crippen LogP contribution in [0.5, 0.6) is 0 Å². The van der Waals surface area contributed by atoms with Crippen molar-refractivity contribution in [3.05, 3.63) is 59.8 Å². The van der Waals surface area contributed by atoms with Crippen LogP contribution in [0.2, 0.25) is 0 Å². The molecule has 2 N–H and O–H groups in total. The number of nitrogens with one attached hydrogen (secondary N) is 1. The van der Waals surface area contributed by atoms with E-state index in [0.29, 0.717) is 0 Å². The second-order valence-electron chi connectivity index (χ2n) is 5.17. The largest absolute Gasteiger partial charge is 0.392 e. The van der Waals surface area contributed by atoms with Crippen molar-refractivity contribution >= 4 is 34.0 Å². The van der Waals surface area contributed by atoms with Crippen molar-refractivity contribution in [2.45, 2.75) is 18.4 Å². The molecule has 0 aliphatic carbocycles. The van der Waals surface area contributed by atoms with Gasteiger partial charge in [0.15, 0.2) is 0 Å². The number of aliphatic hydroxyl groups excluding tert-OH is 1. The van der Waals surface area contributed by atoms with Crippen LogP contribution in [0.1, 0.15) is 11.1 Å². The normalized spacial score (nSPS) is 10.9. The molecule has 22 heavy (non-hydrogen) atoms. The molecule has 0 saturated heterocycles. The Morgan fingerprint density at radius 1 is 1.09 bits per heavy atom. The van der Waals surface area contributed by atoms with E-state index < -0.39 is 0 Å². The van der Waals surface area contributed by atoms with Gasteiger partial charge in [-0.1, -0.05) is 12.1 Å². The number of hydrogen-bond acceptors (Lipinski definition) is 4. The van der Waals surface area contributed by atoms with Crippen molar-refractivity contribution < 1.29 is 5.11 Å². The number of aliphatic hydroxyl groups is 1. The number of benzene rings is 2. The number of aryl methyl sites for hydroxylation is 1. The summed E-state index contributed by atoms with van der Waals surface area (Å²) >= 11 is 1.72. The molecule has 0 bridgehead atoms. The van der Waals surface area contributed by atoms with Gasteiger partial charge in [0.2, 0.25) is 0 Å². The molecule has 0 spiro atoms. The quantitative estimate of drug-likeness (QED) is 0.696. The molecule has 3 nitrogen and oxygen atoms in total. The van der Waals surface area contributed by atoms with E-state index >= 15 is 0 Å². The van der Waals surface area contributed by atoms with Gasteiger partial charge in [-0.05, 0) is 54.6 Å². The van der Waals surface area contributed by atoms with Crippen LogP contribution in [-0.4, -0.2) is 16.3 Å². The second kappa shape index (κ2) is 6.38. The zero-order chi connectivity index (χ0) is 15.5. The topological polar surface area (TPSA) is 45.2 Å². The van der Waals surface area contributed by atoms with E-state index in [4.69, 9.17) is 0 Å². The van der Waals surface area contributed by atoms with E-state index in [1.165, 1.54) is 4.90 Å². The van der Waals surface area contributed by atoms with Crippen molar-refractivity contribution in [2.75, 3.05) is 11.6 Å². The summed E-state index contributed by atoms with van der Waals surface area (Å²) in [6.07, 6.45) is 3.88. The fourth-order valence-electron chi connectivity index (χ4n) is 2.41. The third kappa shape index (κ3) is 2.93. The summed E-state index contributed by atoms with van der Waals surface area (Å²) in [5.41, 5.74) is 5.05. The van der Waals surface area contributed by atoms with Gasteiger partial charge in [-0.25, -0.2) is 0 Å². The lowest BCUT2D eigenvalue weighted by Gasteiger charge is -2.13. The lowest BCUT2D eigenvalue weighted by atomic mass is 10.1. The first-order valence-corrected chi connectivity index (χ1v) is 8.34. The molecule has 3 aromatic rings. The highest BCUT2D eigenvalue weighted by Gasteiger charge is 2.06. The number of nitrogens with zero attached hydrogens (tertiary/aromatic N) is 1. The van der Waals surface area contributed by atoms with Crippen molar-refractivity contribution in [3.8, 4) is 0 Å². The average Bonchev–Trinajstić information content (AvgIpc) is 2.56. The maximum Gasteiger partial charge on any atom is 0.0723 e. The molecular weight excluding hydrogens is 292 g/mol. The van der Waals surface area contributed by atoms with E-state index in [0.717, 1.165) is 33.4 Å². The van der Waals surface area contributed by atoms with Gasteiger partial charge >= 0.3 is 0 Å². The molecule has 1 heterocycles. The summed E-state index contributed by atoms with van der Waals surface area (Å²) in [5.74, 6) is 0. The fourth-order valence-corrected chi connectivity index (χ4v) is 2.85. The zero-order valence-electron chi connectivity index (χ0n) is 12.6. The van der Waals surface area contributed by atoms with Gasteiger partial charge in [0, 0.05) is 27.9 Å². The van der Waals surface area contributed by atoms with Crippen LogP contribution < -0.4 is 5.32 Å². The number of anilines is 2. The summed E-state index contributed by atoms with van der Waals surface area (Å²) in [6.45, 7) is 2.10. The molecule has 0 fully saturated rings. The van der Waals surface area contributed by atoms with Gasteiger partial charge < -0.3 is 10.4 Å². The molecule has 2 aromatic carbocycles. The molecule has 0 radical (unpaired) electrons. The Kier molecular flexibility index (Phi) is 4.32. The fraction of sp³-hybridized carbons (Fsp3) is 0.167. The third-order valence-corrected chi connectivity index (χ3v) is 4.43. The highest BCUT2D eigenvalue weighted by Crippen LogP contribution is 2.30. The van der Waals surface area contributed by atoms with Crippen LogP contribution in [0.3, 0.4) is 0 Å². The highest BCUT2D eigenvalue weighted by molar-refractivity contribution is 7.98. The second-order valence-corrected chi connectivity index (χ2v) is 6.05. The minimum Gasteiger partial charge on any atom is -0.392 e. The van der Waals surface area contributed by atoms with Gasteiger partial charge in [-0.2, -0.15) is 0 Å². The van der Waals surface area contributed by atoms with Crippen LogP contribution in [0, 0.1) is 6.92 Å². The summed E-state index contributed by atoms with van der Waals surface area (Å²) in [7, 11) is 0. The van der Waals surface area contributed by atoms with Crippen LogP contribution in [0.15, 0.2) is 53.6 Å². The van der Waals surface area contributed by atoms with Crippen LogP contribution >= 0.6 is 11.8 Å². The Bertz CT molecular complexity index is 817. The number of hydrogen-bond donors (Lipinski definition) is 2. The molecule has 0 amide bonds. The van der Waals surface area contributed by atoms with E-state index in [-0.39, 0.29) is 6.61 Å². The van der Waals surface area contributed by atoms with Gasteiger partial charge in [0.25, 0.3) is 0 Å². The van der Waals surface area contributed by atoms with Gasteiger partial charge in [-0.15, -0.1) is 11.8 Å². The van der Waals surface area contributed by atoms with E-state index in [9.17, 15) is 5.11 Å². The van der Waals surface area contributed by atoms with Crippen molar-refractivity contribution in [1.29, 1.82) is 0 Å². The molecule has 0 atom stereocenters. The van der Waals surface area contributed by atoms with E-state index in [2.05, 4.69) is 35.6 Å². The Morgan fingerprint density at radius 2 is 1.95 bits per heavy atom. The molecule has 1 aromatic heterocycles. The van der Waals surface area contributed by atoms with Crippen molar-refractivity contribution in [3.63, 3.8) is 0 Å². The van der Waals surface area contributed by atoms with E-state index in [1.54, 1.807) is 11.8 Å². The van der Waals surface area contributed by atoms with Crippen molar-refractivity contribution in [2.24, 2.45) is 0 Å². The van der Waals surface area contributed by atoms with Crippen molar-refractivity contribution in [1.82, 2.24) is 4.98 Å². The minimum atomic E-state index is 0.0443. The number of rotatable bonds is 4. The Hall–Kier alpha value is -2.04. The van der Waals surface area contributed by atoms with Gasteiger partial charge in [0.05, 0.1) is 12.1 Å². The first-order chi connectivity index (χ1) is 10.7. The summed E-state index contributed by atoms with van der Waals surface area (Å²) in [4.78, 5) is 5.64. The molecule has 0 saturated carbocycles. The number of aromatic nitrogens is 1. The Balaban J connectivity index is 2.07. The first kappa shape index (κ1) is 14.9. The molecule has 0 aliphatic heterocycles. The molecule has 4 heteroatoms. The summed E-state index contributed by atoms with van der Waals surface area (Å²) in [5, 5.41) is 13.9. The maximum absolute atomic E-state index is 9.32. The molecule has 0 aliphatic rings. The smallest absolute Gasteiger partial charge is 0.0723 e. The summed E-state index contributed by atoms with van der Waals surface area (Å²) < 4.78 is 0. The molecular formula is C18H18N2OS. The predicted molar refractivity (Wildman–Crippen MR) is 93.9 cm³/mol. The third-order valence-electron chi connectivity index (χ3n) is 3.70. The predicted octanol–water partition coefficient (Wildman–Crippen LogP) is 4.50. The first-order valence-electron chi connectivity index (χ1n) is 7.11. The minimum absolute atomic E-state index is 0.0443. The van der Waals surface area contributed by atoms with E-state index in [1.807, 2.05) is 36.5 Å². The standard InChI is InChI=1S/C18H18N2OS/c1-12-3-4-13(11-21)9-18(12)20-17-7-8-19-16-6-5-14(22-2)10-15(16)17/h3-10,21H,11H2,1-2H3,(H,19,20). The monoisotopic (exact) mass is 310 g/mol. The lowest BCUT2D eigenvalue weighted by Crippen LogP contribution is -1.96. The number of thioether (sulfide) groups is 1. The van der Waals surface area contributed by atoms with Crippen LogP contribution in [0.4, 0.5) is 11.4 Å². The number of pyridine rings is 1. The lowest BCUT2D eigenvalue weighted by molar-refractivity contribution is 0.282. The van der Waals surface area contributed by atoms with Gasteiger partial charge in [0.1, 0.15) is 0 Å². The molecule has 0 unspecified atom stereocenters. The Labute approximate surface area is 134 Å². The van der Waals surface area contributed by atoms with Crippen LogP contribution in [0.25, 0.3) is 10.9 Å². The summed E-state index contributed by atoms with van der Waals surface area (Å²) in [6, 6.07) is 14.2. The average molecular weight is 310 g/mol. The highest BCUT2D eigenvalue weighted by atomic mass is 32.2.